The van der Waals surface area contributed by atoms with E-state index in [9.17, 15) is 0 Å². The first-order valence-electron chi connectivity index (χ1n) is 7.37. The lowest BCUT2D eigenvalue weighted by Crippen LogP contribution is -2.30. The molecule has 2 atom stereocenters. The lowest BCUT2D eigenvalue weighted by molar-refractivity contribution is 0.171. The first kappa shape index (κ1) is 15.5. The Morgan fingerprint density at radius 3 is 2.30 bits per heavy atom. The van der Waals surface area contributed by atoms with E-state index in [1.165, 1.54) is 0 Å². The Bertz CT molecular complexity index is 462. The monoisotopic (exact) mass is 297 g/mol. The van der Waals surface area contributed by atoms with Crippen LogP contribution in [0.3, 0.4) is 0 Å². The molecule has 0 radical (unpaired) electrons. The van der Waals surface area contributed by atoms with Gasteiger partial charge < -0.3 is 14.8 Å². The molecule has 1 aromatic carbocycles. The third kappa shape index (κ3) is 3.21. The molecule has 0 saturated heterocycles. The maximum atomic E-state index is 6.46. The number of fused-ring (bicyclic) bond motifs is 1. The molecule has 1 N–H and O–H groups in total. The number of nitrogens with one attached hydrogen (secondary N) is 1. The molecular weight excluding hydrogens is 274 g/mol. The summed E-state index contributed by atoms with van der Waals surface area (Å²) in [5.41, 5.74) is 1.10. The molecule has 0 aliphatic carbocycles. The van der Waals surface area contributed by atoms with Crippen molar-refractivity contribution in [2.45, 2.75) is 33.7 Å². The van der Waals surface area contributed by atoms with Crippen LogP contribution < -0.4 is 14.8 Å². The van der Waals surface area contributed by atoms with Gasteiger partial charge in [-0.2, -0.15) is 0 Å². The Kier molecular flexibility index (Phi) is 5.17. The summed E-state index contributed by atoms with van der Waals surface area (Å²) < 4.78 is 11.3. The van der Waals surface area contributed by atoms with Gasteiger partial charge in [-0.3, -0.25) is 0 Å². The second kappa shape index (κ2) is 6.68. The summed E-state index contributed by atoms with van der Waals surface area (Å²) in [6.07, 6.45) is 0. The maximum Gasteiger partial charge on any atom is 0.162 e. The molecule has 2 unspecified atom stereocenters. The first-order valence-corrected chi connectivity index (χ1v) is 7.74. The standard InChI is InChI=1S/C16H24ClNO2/c1-5-18-16(11(4)10(2)3)12-8-14-15(9-13(12)17)20-7-6-19-14/h8-11,16,18H,5-7H2,1-4H3. The minimum absolute atomic E-state index is 0.225. The summed E-state index contributed by atoms with van der Waals surface area (Å²) in [6.45, 7) is 10.9. The number of hydrogen-bond donors (Lipinski definition) is 1. The van der Waals surface area contributed by atoms with Crippen LogP contribution in [0.1, 0.15) is 39.3 Å². The number of hydrogen-bond acceptors (Lipinski definition) is 3. The molecule has 1 aliphatic heterocycles. The number of benzene rings is 1. The Balaban J connectivity index is 2.37. The zero-order valence-corrected chi connectivity index (χ0v) is 13.5. The van der Waals surface area contributed by atoms with Crippen molar-refractivity contribution in [2.24, 2.45) is 11.8 Å². The van der Waals surface area contributed by atoms with E-state index < -0.39 is 0 Å². The van der Waals surface area contributed by atoms with Gasteiger partial charge in [0.05, 0.1) is 0 Å². The fourth-order valence-corrected chi connectivity index (χ4v) is 2.77. The molecule has 1 aromatic rings. The summed E-state index contributed by atoms with van der Waals surface area (Å²) in [7, 11) is 0. The summed E-state index contributed by atoms with van der Waals surface area (Å²) in [4.78, 5) is 0. The Hall–Kier alpha value is -0.930. The van der Waals surface area contributed by atoms with Gasteiger partial charge in [0, 0.05) is 17.1 Å². The van der Waals surface area contributed by atoms with Gasteiger partial charge in [-0.05, 0) is 30.0 Å². The van der Waals surface area contributed by atoms with Gasteiger partial charge in [0.1, 0.15) is 13.2 Å². The molecule has 0 spiro atoms. The van der Waals surface area contributed by atoms with Gasteiger partial charge in [-0.25, -0.2) is 0 Å². The highest BCUT2D eigenvalue weighted by Crippen LogP contribution is 2.40. The first-order chi connectivity index (χ1) is 9.54. The van der Waals surface area contributed by atoms with Crippen molar-refractivity contribution in [2.75, 3.05) is 19.8 Å². The normalized spacial score (nSPS) is 17.1. The Morgan fingerprint density at radius 2 is 1.75 bits per heavy atom. The van der Waals surface area contributed by atoms with Crippen LogP contribution in [0.25, 0.3) is 0 Å². The highest BCUT2D eigenvalue weighted by Gasteiger charge is 2.25. The molecule has 4 heteroatoms. The Morgan fingerprint density at radius 1 is 1.15 bits per heavy atom. The molecule has 3 nitrogen and oxygen atoms in total. The third-order valence-corrected chi connectivity index (χ3v) is 4.33. The van der Waals surface area contributed by atoms with Crippen LogP contribution in [-0.4, -0.2) is 19.8 Å². The highest BCUT2D eigenvalue weighted by molar-refractivity contribution is 6.31. The zero-order chi connectivity index (χ0) is 14.7. The van der Waals surface area contributed by atoms with Crippen molar-refractivity contribution in [3.63, 3.8) is 0 Å². The van der Waals surface area contributed by atoms with Gasteiger partial charge in [0.2, 0.25) is 0 Å². The van der Waals surface area contributed by atoms with Crippen LogP contribution in [0.5, 0.6) is 11.5 Å². The molecule has 0 bridgehead atoms. The second-order valence-electron chi connectivity index (χ2n) is 5.66. The second-order valence-corrected chi connectivity index (χ2v) is 6.06. The number of halogens is 1. The average molecular weight is 298 g/mol. The minimum atomic E-state index is 0.225. The Labute approximate surface area is 126 Å². The quantitative estimate of drug-likeness (QED) is 0.889. The van der Waals surface area contributed by atoms with Gasteiger partial charge >= 0.3 is 0 Å². The lowest BCUT2D eigenvalue weighted by atomic mass is 9.86. The molecule has 112 valence electrons. The number of rotatable bonds is 5. The predicted octanol–water partition coefficient (Wildman–Crippen LogP) is 4.05. The molecule has 2 rings (SSSR count). The van der Waals surface area contributed by atoms with E-state index in [1.807, 2.05) is 12.1 Å². The molecule has 0 fully saturated rings. The zero-order valence-electron chi connectivity index (χ0n) is 12.7. The van der Waals surface area contributed by atoms with Gasteiger partial charge in [-0.15, -0.1) is 0 Å². The van der Waals surface area contributed by atoms with Crippen molar-refractivity contribution in [1.29, 1.82) is 0 Å². The fraction of sp³-hybridized carbons (Fsp3) is 0.625. The maximum absolute atomic E-state index is 6.46. The molecule has 0 saturated carbocycles. The van der Waals surface area contributed by atoms with E-state index >= 15 is 0 Å². The van der Waals surface area contributed by atoms with Crippen molar-refractivity contribution in [3.8, 4) is 11.5 Å². The third-order valence-electron chi connectivity index (χ3n) is 4.00. The van der Waals surface area contributed by atoms with Crippen molar-refractivity contribution in [1.82, 2.24) is 5.32 Å². The lowest BCUT2D eigenvalue weighted by Gasteiger charge is -2.30. The fourth-order valence-electron chi connectivity index (χ4n) is 2.50. The molecule has 1 aliphatic rings. The van der Waals surface area contributed by atoms with E-state index in [0.29, 0.717) is 25.0 Å². The molecule has 1 heterocycles. The summed E-state index contributed by atoms with van der Waals surface area (Å²) >= 11 is 6.46. The van der Waals surface area contributed by atoms with Gasteiger partial charge in [0.15, 0.2) is 11.5 Å². The average Bonchev–Trinajstić information content (AvgIpc) is 2.43. The van der Waals surface area contributed by atoms with E-state index in [-0.39, 0.29) is 6.04 Å². The molecular formula is C16H24ClNO2. The summed E-state index contributed by atoms with van der Waals surface area (Å²) in [5.74, 6) is 2.60. The van der Waals surface area contributed by atoms with Crippen LogP contribution >= 0.6 is 11.6 Å². The van der Waals surface area contributed by atoms with E-state index in [4.69, 9.17) is 21.1 Å². The largest absolute Gasteiger partial charge is 0.486 e. The van der Waals surface area contributed by atoms with Crippen LogP contribution in [0.2, 0.25) is 5.02 Å². The highest BCUT2D eigenvalue weighted by atomic mass is 35.5. The molecule has 0 amide bonds. The van der Waals surface area contributed by atoms with E-state index in [0.717, 1.165) is 28.6 Å². The topological polar surface area (TPSA) is 30.5 Å². The van der Waals surface area contributed by atoms with E-state index in [2.05, 4.69) is 33.0 Å². The molecule has 20 heavy (non-hydrogen) atoms. The molecule has 0 aromatic heterocycles. The smallest absolute Gasteiger partial charge is 0.162 e. The van der Waals surface area contributed by atoms with Crippen LogP contribution in [-0.2, 0) is 0 Å². The van der Waals surface area contributed by atoms with Crippen LogP contribution in [0.15, 0.2) is 12.1 Å². The van der Waals surface area contributed by atoms with E-state index in [1.54, 1.807) is 0 Å². The SMILES string of the molecule is CCNC(c1cc2c(cc1Cl)OCCO2)C(C)C(C)C. The number of ether oxygens (including phenoxy) is 2. The summed E-state index contributed by atoms with van der Waals surface area (Å²) in [5, 5.41) is 4.29. The van der Waals surface area contributed by atoms with Gasteiger partial charge in [-0.1, -0.05) is 39.3 Å². The predicted molar refractivity (Wildman–Crippen MR) is 82.9 cm³/mol. The van der Waals surface area contributed by atoms with Crippen LogP contribution in [0.4, 0.5) is 0 Å². The van der Waals surface area contributed by atoms with Crippen molar-refractivity contribution < 1.29 is 9.47 Å². The summed E-state index contributed by atoms with van der Waals surface area (Å²) in [6, 6.07) is 4.13. The van der Waals surface area contributed by atoms with Crippen LogP contribution in [0, 0.1) is 11.8 Å². The minimum Gasteiger partial charge on any atom is -0.486 e. The van der Waals surface area contributed by atoms with Crippen molar-refractivity contribution >= 4 is 11.6 Å². The van der Waals surface area contributed by atoms with Crippen molar-refractivity contribution in [3.05, 3.63) is 22.7 Å². The van der Waals surface area contributed by atoms with Gasteiger partial charge in [0.25, 0.3) is 0 Å².